The van der Waals surface area contributed by atoms with Gasteiger partial charge in [0.2, 0.25) is 5.95 Å². The molecule has 0 aliphatic rings. The summed E-state index contributed by atoms with van der Waals surface area (Å²) in [7, 11) is 1.81. The van der Waals surface area contributed by atoms with Gasteiger partial charge < -0.3 is 5.32 Å². The van der Waals surface area contributed by atoms with E-state index in [1.165, 1.54) is 5.56 Å². The van der Waals surface area contributed by atoms with Crippen molar-refractivity contribution in [3.05, 3.63) is 24.2 Å². The van der Waals surface area contributed by atoms with Gasteiger partial charge in [0.25, 0.3) is 0 Å². The molecule has 0 unspecified atom stereocenters. The van der Waals surface area contributed by atoms with Crippen LogP contribution in [0.5, 0.6) is 0 Å². The highest BCUT2D eigenvalue weighted by atomic mass is 15.2. The Bertz CT molecular complexity index is 416. The summed E-state index contributed by atoms with van der Waals surface area (Å²) in [6, 6.07) is 2.07. The Hall–Kier alpha value is -1.58. The van der Waals surface area contributed by atoms with Gasteiger partial charge in [-0.25, -0.2) is 4.98 Å². The van der Waals surface area contributed by atoms with Crippen molar-refractivity contribution in [3.8, 4) is 0 Å². The van der Waals surface area contributed by atoms with E-state index in [0.717, 1.165) is 12.1 Å². The number of hydrogen-bond acceptors (Lipinski definition) is 3. The second kappa shape index (κ2) is 3.05. The topological polar surface area (TPSA) is 42.2 Å². The normalized spacial score (nSPS) is 10.6. The summed E-state index contributed by atoms with van der Waals surface area (Å²) in [6.45, 7) is 2.13. The van der Waals surface area contributed by atoms with Crippen molar-refractivity contribution in [2.75, 3.05) is 12.4 Å². The Morgan fingerprint density at radius 1 is 1.54 bits per heavy atom. The van der Waals surface area contributed by atoms with E-state index in [2.05, 4.69) is 34.5 Å². The Kier molecular flexibility index (Phi) is 1.88. The molecule has 0 atom stereocenters. The number of aryl methyl sites for hydroxylation is 1. The molecule has 0 aliphatic heterocycles. The highest BCUT2D eigenvalue weighted by Crippen LogP contribution is 2.08. The van der Waals surface area contributed by atoms with E-state index >= 15 is 0 Å². The third-order valence-electron chi connectivity index (χ3n) is 2.04. The van der Waals surface area contributed by atoms with Crippen LogP contribution in [0.3, 0.4) is 0 Å². The van der Waals surface area contributed by atoms with Gasteiger partial charge in [-0.05, 0) is 18.1 Å². The van der Waals surface area contributed by atoms with Crippen LogP contribution in [0, 0.1) is 0 Å². The molecule has 13 heavy (non-hydrogen) atoms. The fourth-order valence-electron chi connectivity index (χ4n) is 1.27. The molecule has 0 spiro atoms. The molecule has 0 amide bonds. The van der Waals surface area contributed by atoms with E-state index in [1.54, 1.807) is 6.33 Å². The van der Waals surface area contributed by atoms with Crippen LogP contribution in [0.1, 0.15) is 12.5 Å². The number of hydrogen-bond donors (Lipinski definition) is 1. The number of anilines is 1. The number of fused-ring (bicyclic) bond motifs is 1. The molecule has 0 saturated carbocycles. The van der Waals surface area contributed by atoms with E-state index in [0.29, 0.717) is 5.95 Å². The van der Waals surface area contributed by atoms with Crippen molar-refractivity contribution in [2.24, 2.45) is 0 Å². The zero-order valence-electron chi connectivity index (χ0n) is 7.78. The molecule has 1 N–H and O–H groups in total. The molecule has 0 bridgehead atoms. The van der Waals surface area contributed by atoms with E-state index in [-0.39, 0.29) is 0 Å². The minimum Gasteiger partial charge on any atom is -0.357 e. The molecule has 4 heteroatoms. The van der Waals surface area contributed by atoms with Crippen LogP contribution in [0.2, 0.25) is 0 Å². The quantitative estimate of drug-likeness (QED) is 0.750. The van der Waals surface area contributed by atoms with Crippen LogP contribution in [0.25, 0.3) is 5.65 Å². The average Bonchev–Trinajstić information content (AvgIpc) is 2.58. The Labute approximate surface area is 76.6 Å². The van der Waals surface area contributed by atoms with E-state index in [1.807, 2.05) is 11.4 Å². The molecule has 2 rings (SSSR count). The van der Waals surface area contributed by atoms with Gasteiger partial charge in [0.15, 0.2) is 0 Å². The van der Waals surface area contributed by atoms with Crippen molar-refractivity contribution in [1.82, 2.24) is 14.4 Å². The van der Waals surface area contributed by atoms with E-state index in [4.69, 9.17) is 0 Å². The zero-order chi connectivity index (χ0) is 9.26. The monoisotopic (exact) mass is 176 g/mol. The maximum atomic E-state index is 4.30. The molecular formula is C9H12N4. The predicted octanol–water partition coefficient (Wildman–Crippen LogP) is 1.33. The Morgan fingerprint density at radius 2 is 2.38 bits per heavy atom. The minimum absolute atomic E-state index is 0.660. The number of nitrogens with zero attached hydrogens (tertiary/aromatic N) is 3. The van der Waals surface area contributed by atoms with Crippen LogP contribution in [0.4, 0.5) is 5.95 Å². The molecule has 2 heterocycles. The van der Waals surface area contributed by atoms with Gasteiger partial charge in [0, 0.05) is 13.2 Å². The predicted molar refractivity (Wildman–Crippen MR) is 51.9 cm³/mol. The molecule has 0 aromatic carbocycles. The third-order valence-corrected chi connectivity index (χ3v) is 2.04. The van der Waals surface area contributed by atoms with Crippen LogP contribution in [-0.4, -0.2) is 21.4 Å². The number of nitrogens with one attached hydrogen (secondary N) is 1. The fourth-order valence-corrected chi connectivity index (χ4v) is 1.27. The standard InChI is InChI=1S/C9H12N4/c1-3-7-4-8-12-9(10-2)11-6-13(8)5-7/h4-6H,3H2,1-2H3,(H,10,12). The lowest BCUT2D eigenvalue weighted by Gasteiger charge is -1.97. The van der Waals surface area contributed by atoms with Gasteiger partial charge in [0.05, 0.1) is 0 Å². The van der Waals surface area contributed by atoms with E-state index in [9.17, 15) is 0 Å². The summed E-state index contributed by atoms with van der Waals surface area (Å²) >= 11 is 0. The second-order valence-corrected chi connectivity index (χ2v) is 2.90. The Balaban J connectivity index is 2.57. The molecule has 0 aliphatic carbocycles. The second-order valence-electron chi connectivity index (χ2n) is 2.90. The summed E-state index contributed by atoms with van der Waals surface area (Å²) in [5.41, 5.74) is 2.22. The molecule has 2 aromatic heterocycles. The maximum Gasteiger partial charge on any atom is 0.225 e. The average molecular weight is 176 g/mol. The van der Waals surface area contributed by atoms with Gasteiger partial charge in [-0.2, -0.15) is 4.98 Å². The summed E-state index contributed by atoms with van der Waals surface area (Å²) in [5, 5.41) is 2.91. The lowest BCUT2D eigenvalue weighted by Crippen LogP contribution is -1.97. The molecule has 4 nitrogen and oxygen atoms in total. The van der Waals surface area contributed by atoms with Crippen LogP contribution in [0.15, 0.2) is 18.6 Å². The first kappa shape index (κ1) is 8.04. The molecule has 2 aromatic rings. The molecule has 0 radical (unpaired) electrons. The van der Waals surface area contributed by atoms with Gasteiger partial charge in [-0.15, -0.1) is 0 Å². The Morgan fingerprint density at radius 3 is 3.08 bits per heavy atom. The third kappa shape index (κ3) is 1.35. The fraction of sp³-hybridized carbons (Fsp3) is 0.333. The first-order valence-corrected chi connectivity index (χ1v) is 4.35. The highest BCUT2D eigenvalue weighted by molar-refractivity contribution is 5.45. The van der Waals surface area contributed by atoms with Crippen LogP contribution < -0.4 is 5.32 Å². The lowest BCUT2D eigenvalue weighted by molar-refractivity contribution is 1.02. The SMILES string of the molecule is CCc1cc2nc(NC)ncn2c1. The summed E-state index contributed by atoms with van der Waals surface area (Å²) < 4.78 is 1.93. The molecule has 68 valence electrons. The smallest absolute Gasteiger partial charge is 0.225 e. The summed E-state index contributed by atoms with van der Waals surface area (Å²) in [6.07, 6.45) is 4.85. The van der Waals surface area contributed by atoms with Crippen LogP contribution >= 0.6 is 0 Å². The van der Waals surface area contributed by atoms with Gasteiger partial charge >= 0.3 is 0 Å². The zero-order valence-corrected chi connectivity index (χ0v) is 7.78. The summed E-state index contributed by atoms with van der Waals surface area (Å²) in [5.74, 6) is 0.660. The van der Waals surface area contributed by atoms with Gasteiger partial charge in [0.1, 0.15) is 12.0 Å². The first-order chi connectivity index (χ1) is 6.33. The number of aromatic nitrogens is 3. The maximum absolute atomic E-state index is 4.30. The van der Waals surface area contributed by atoms with Gasteiger partial charge in [-0.3, -0.25) is 4.40 Å². The molecule has 0 saturated heterocycles. The van der Waals surface area contributed by atoms with Gasteiger partial charge in [-0.1, -0.05) is 6.92 Å². The van der Waals surface area contributed by atoms with Crippen LogP contribution in [-0.2, 0) is 6.42 Å². The van der Waals surface area contributed by atoms with Crippen molar-refractivity contribution in [1.29, 1.82) is 0 Å². The van der Waals surface area contributed by atoms with Crippen molar-refractivity contribution in [2.45, 2.75) is 13.3 Å². The lowest BCUT2D eigenvalue weighted by atomic mass is 10.3. The summed E-state index contributed by atoms with van der Waals surface area (Å²) in [4.78, 5) is 8.42. The number of rotatable bonds is 2. The minimum atomic E-state index is 0.660. The van der Waals surface area contributed by atoms with Crippen molar-refractivity contribution >= 4 is 11.6 Å². The van der Waals surface area contributed by atoms with Crippen molar-refractivity contribution in [3.63, 3.8) is 0 Å². The molecule has 0 fully saturated rings. The van der Waals surface area contributed by atoms with E-state index < -0.39 is 0 Å². The largest absolute Gasteiger partial charge is 0.357 e. The molecular weight excluding hydrogens is 164 g/mol. The highest BCUT2D eigenvalue weighted by Gasteiger charge is 1.99. The first-order valence-electron chi connectivity index (χ1n) is 4.35. The van der Waals surface area contributed by atoms with Crippen molar-refractivity contribution < 1.29 is 0 Å².